The molecule has 1 N–H and O–H groups in total. The summed E-state index contributed by atoms with van der Waals surface area (Å²) in [7, 11) is 1.94. The van der Waals surface area contributed by atoms with Crippen molar-refractivity contribution in [1.29, 1.82) is 0 Å². The van der Waals surface area contributed by atoms with Gasteiger partial charge in [0.25, 0.3) is 0 Å². The van der Waals surface area contributed by atoms with Crippen molar-refractivity contribution in [2.75, 3.05) is 5.43 Å². The fourth-order valence-corrected chi connectivity index (χ4v) is 1.44. The van der Waals surface area contributed by atoms with Gasteiger partial charge in [0.15, 0.2) is 0 Å². The Balaban J connectivity index is 2.01. The second-order valence-electron chi connectivity index (χ2n) is 3.34. The largest absolute Gasteiger partial charge is 0.322 e. The van der Waals surface area contributed by atoms with Crippen LogP contribution in [0.2, 0.25) is 0 Å². The van der Waals surface area contributed by atoms with Crippen LogP contribution in [0.15, 0.2) is 30.7 Å². The molecule has 2 heterocycles. The highest BCUT2D eigenvalue weighted by atomic mass is 15.4. The summed E-state index contributed by atoms with van der Waals surface area (Å²) in [4.78, 5) is 0. The van der Waals surface area contributed by atoms with Gasteiger partial charge in [0.1, 0.15) is 0 Å². The van der Waals surface area contributed by atoms with Crippen molar-refractivity contribution < 1.29 is 0 Å². The molecule has 0 saturated heterocycles. The highest BCUT2D eigenvalue weighted by molar-refractivity contribution is 5.16. The quantitative estimate of drug-likeness (QED) is 0.791. The zero-order valence-corrected chi connectivity index (χ0v) is 8.44. The Kier molecular flexibility index (Phi) is 2.26. The number of nitrogens with one attached hydrogen (secondary N) is 1. The van der Waals surface area contributed by atoms with Crippen molar-refractivity contribution in [2.45, 2.75) is 13.5 Å². The summed E-state index contributed by atoms with van der Waals surface area (Å²) < 4.78 is 3.77. The average molecular weight is 190 g/mol. The molecule has 2 aromatic rings. The standard InChI is InChI=1S/C10H14N4/c1-9-10(8-13(2)12-9)7-11-14-5-3-4-6-14/h3-6,8,11H,7H2,1-2H3. The molecule has 4 nitrogen and oxygen atoms in total. The minimum Gasteiger partial charge on any atom is -0.322 e. The van der Waals surface area contributed by atoms with Crippen molar-refractivity contribution in [1.82, 2.24) is 14.5 Å². The molecule has 0 aliphatic rings. The maximum absolute atomic E-state index is 4.28. The first-order valence-corrected chi connectivity index (χ1v) is 4.61. The molecule has 74 valence electrons. The van der Waals surface area contributed by atoms with Crippen LogP contribution in [0, 0.1) is 6.92 Å². The van der Waals surface area contributed by atoms with Crippen LogP contribution >= 0.6 is 0 Å². The second kappa shape index (κ2) is 3.57. The Bertz CT molecular complexity index is 400. The molecule has 2 aromatic heterocycles. The predicted molar refractivity (Wildman–Crippen MR) is 55.4 cm³/mol. The zero-order valence-electron chi connectivity index (χ0n) is 8.44. The van der Waals surface area contributed by atoms with Gasteiger partial charge in [-0.3, -0.25) is 9.36 Å². The van der Waals surface area contributed by atoms with Crippen LogP contribution in [-0.2, 0) is 13.6 Å². The van der Waals surface area contributed by atoms with Gasteiger partial charge in [0.05, 0.1) is 12.2 Å². The van der Waals surface area contributed by atoms with E-state index in [9.17, 15) is 0 Å². The summed E-state index contributed by atoms with van der Waals surface area (Å²) in [5.74, 6) is 0. The van der Waals surface area contributed by atoms with Crippen LogP contribution in [0.1, 0.15) is 11.3 Å². The van der Waals surface area contributed by atoms with Gasteiger partial charge in [-0.25, -0.2) is 0 Å². The third kappa shape index (κ3) is 1.79. The van der Waals surface area contributed by atoms with Crippen LogP contribution in [-0.4, -0.2) is 14.5 Å². The fraction of sp³-hybridized carbons (Fsp3) is 0.300. The highest BCUT2D eigenvalue weighted by Crippen LogP contribution is 2.04. The van der Waals surface area contributed by atoms with E-state index >= 15 is 0 Å². The van der Waals surface area contributed by atoms with E-state index in [1.807, 2.05) is 54.1 Å². The van der Waals surface area contributed by atoms with Gasteiger partial charge in [0.2, 0.25) is 0 Å². The number of hydrogen-bond acceptors (Lipinski definition) is 2. The molecular formula is C10H14N4. The van der Waals surface area contributed by atoms with E-state index in [2.05, 4.69) is 10.5 Å². The van der Waals surface area contributed by atoms with E-state index in [4.69, 9.17) is 0 Å². The summed E-state index contributed by atoms with van der Waals surface area (Å²) in [6.45, 7) is 2.82. The lowest BCUT2D eigenvalue weighted by Gasteiger charge is -2.05. The maximum atomic E-state index is 4.28. The molecule has 0 amide bonds. The molecule has 0 unspecified atom stereocenters. The Hall–Kier alpha value is -1.71. The molecule has 4 heteroatoms. The average Bonchev–Trinajstić information content (AvgIpc) is 2.72. The number of aromatic nitrogens is 3. The molecule has 0 aromatic carbocycles. The van der Waals surface area contributed by atoms with Gasteiger partial charge in [-0.2, -0.15) is 5.10 Å². The topological polar surface area (TPSA) is 34.8 Å². The van der Waals surface area contributed by atoms with Crippen molar-refractivity contribution in [3.8, 4) is 0 Å². The van der Waals surface area contributed by atoms with Crippen molar-refractivity contribution in [2.24, 2.45) is 7.05 Å². The van der Waals surface area contributed by atoms with E-state index in [1.54, 1.807) is 0 Å². The molecule has 0 radical (unpaired) electrons. The van der Waals surface area contributed by atoms with Crippen LogP contribution in [0.4, 0.5) is 0 Å². The maximum Gasteiger partial charge on any atom is 0.0644 e. The Morgan fingerprint density at radius 1 is 1.36 bits per heavy atom. The molecule has 0 aliphatic carbocycles. The lowest BCUT2D eigenvalue weighted by molar-refractivity contribution is 0.756. The van der Waals surface area contributed by atoms with Crippen molar-refractivity contribution in [3.63, 3.8) is 0 Å². The SMILES string of the molecule is Cc1nn(C)cc1CNn1cccc1. The first kappa shape index (κ1) is 8.87. The monoisotopic (exact) mass is 190 g/mol. The molecule has 2 rings (SSSR count). The smallest absolute Gasteiger partial charge is 0.0644 e. The number of rotatable bonds is 3. The molecule has 0 saturated carbocycles. The van der Waals surface area contributed by atoms with Crippen LogP contribution in [0.5, 0.6) is 0 Å². The summed E-state index contributed by atoms with van der Waals surface area (Å²) in [6, 6.07) is 3.98. The third-order valence-corrected chi connectivity index (χ3v) is 2.17. The van der Waals surface area contributed by atoms with E-state index in [0.29, 0.717) is 0 Å². The second-order valence-corrected chi connectivity index (χ2v) is 3.34. The number of nitrogens with zero attached hydrogens (tertiary/aromatic N) is 3. The Morgan fingerprint density at radius 2 is 2.07 bits per heavy atom. The van der Waals surface area contributed by atoms with E-state index in [1.165, 1.54) is 5.56 Å². The van der Waals surface area contributed by atoms with Gasteiger partial charge in [-0.1, -0.05) is 0 Å². The first-order chi connectivity index (χ1) is 6.75. The van der Waals surface area contributed by atoms with E-state index in [0.717, 1.165) is 12.2 Å². The highest BCUT2D eigenvalue weighted by Gasteiger charge is 2.01. The van der Waals surface area contributed by atoms with Crippen LogP contribution in [0.3, 0.4) is 0 Å². The molecule has 0 atom stereocenters. The van der Waals surface area contributed by atoms with Gasteiger partial charge in [-0.15, -0.1) is 0 Å². The zero-order chi connectivity index (χ0) is 9.97. The molecule has 0 spiro atoms. The minimum absolute atomic E-state index is 0.800. The first-order valence-electron chi connectivity index (χ1n) is 4.61. The Morgan fingerprint density at radius 3 is 2.64 bits per heavy atom. The molecular weight excluding hydrogens is 176 g/mol. The Labute approximate surface area is 83.1 Å². The van der Waals surface area contributed by atoms with Crippen LogP contribution < -0.4 is 5.43 Å². The summed E-state index contributed by atoms with van der Waals surface area (Å²) in [6.07, 6.45) is 5.99. The molecule has 14 heavy (non-hydrogen) atoms. The van der Waals surface area contributed by atoms with Crippen LogP contribution in [0.25, 0.3) is 0 Å². The lowest BCUT2D eigenvalue weighted by atomic mass is 10.3. The predicted octanol–water partition coefficient (Wildman–Crippen LogP) is 1.27. The third-order valence-electron chi connectivity index (χ3n) is 2.17. The van der Waals surface area contributed by atoms with E-state index < -0.39 is 0 Å². The minimum atomic E-state index is 0.800. The molecule has 0 aliphatic heterocycles. The van der Waals surface area contributed by atoms with Crippen molar-refractivity contribution >= 4 is 0 Å². The van der Waals surface area contributed by atoms with Gasteiger partial charge < -0.3 is 5.43 Å². The summed E-state index contributed by atoms with van der Waals surface area (Å²) >= 11 is 0. The summed E-state index contributed by atoms with van der Waals surface area (Å²) in [5, 5.41) is 4.28. The van der Waals surface area contributed by atoms with E-state index in [-0.39, 0.29) is 0 Å². The number of aryl methyl sites for hydroxylation is 2. The molecule has 0 fully saturated rings. The fourth-order valence-electron chi connectivity index (χ4n) is 1.44. The van der Waals surface area contributed by atoms with Gasteiger partial charge >= 0.3 is 0 Å². The van der Waals surface area contributed by atoms with Gasteiger partial charge in [0, 0.05) is 31.2 Å². The lowest BCUT2D eigenvalue weighted by Crippen LogP contribution is -2.11. The van der Waals surface area contributed by atoms with Gasteiger partial charge in [-0.05, 0) is 19.1 Å². The normalized spacial score (nSPS) is 10.4. The van der Waals surface area contributed by atoms with Crippen molar-refractivity contribution in [3.05, 3.63) is 42.0 Å². The molecule has 0 bridgehead atoms. The number of hydrogen-bond donors (Lipinski definition) is 1. The summed E-state index contributed by atoms with van der Waals surface area (Å²) in [5.41, 5.74) is 5.56.